The van der Waals surface area contributed by atoms with Crippen LogP contribution in [0.25, 0.3) is 10.9 Å². The molecule has 5 rings (SSSR count). The monoisotopic (exact) mass is 465 g/mol. The molecule has 1 aliphatic heterocycles. The minimum Gasteiger partial charge on any atom is -0.467 e. The van der Waals surface area contributed by atoms with E-state index in [1.165, 1.54) is 5.01 Å². The van der Waals surface area contributed by atoms with Crippen molar-refractivity contribution in [1.29, 1.82) is 0 Å². The van der Waals surface area contributed by atoms with Crippen molar-refractivity contribution in [3.8, 4) is 0 Å². The van der Waals surface area contributed by atoms with E-state index < -0.39 is 18.5 Å². The van der Waals surface area contributed by atoms with E-state index in [0.717, 1.165) is 16.0 Å². The van der Waals surface area contributed by atoms with Gasteiger partial charge in [-0.1, -0.05) is 17.7 Å². The van der Waals surface area contributed by atoms with Gasteiger partial charge in [0, 0.05) is 11.8 Å². The Kier molecular flexibility index (Phi) is 5.46. The number of carbonyl (C=O) groups is 2. The molecule has 1 unspecified atom stereocenters. The van der Waals surface area contributed by atoms with Crippen molar-refractivity contribution in [2.24, 2.45) is 5.10 Å². The van der Waals surface area contributed by atoms with E-state index in [-0.39, 0.29) is 6.04 Å². The summed E-state index contributed by atoms with van der Waals surface area (Å²) >= 11 is 7.45. The molecule has 4 aromatic rings. The smallest absolute Gasteiger partial charge is 0.338 e. The number of furan rings is 1. The molecule has 32 heavy (non-hydrogen) atoms. The third-order valence-corrected chi connectivity index (χ3v) is 6.19. The van der Waals surface area contributed by atoms with Gasteiger partial charge in [0.2, 0.25) is 0 Å². The zero-order valence-corrected chi connectivity index (χ0v) is 18.2. The van der Waals surface area contributed by atoms with Crippen LogP contribution in [-0.2, 0) is 9.53 Å². The normalized spacial score (nSPS) is 15.7. The molecule has 0 saturated heterocycles. The number of aromatic nitrogens is 1. The van der Waals surface area contributed by atoms with E-state index in [0.29, 0.717) is 28.4 Å². The average molecular weight is 466 g/mol. The second-order valence-electron chi connectivity index (χ2n) is 7.12. The van der Waals surface area contributed by atoms with Crippen LogP contribution in [-0.4, -0.2) is 34.2 Å². The number of esters is 1. The van der Waals surface area contributed by atoms with Crippen molar-refractivity contribution in [3.05, 3.63) is 87.6 Å². The largest absolute Gasteiger partial charge is 0.467 e. The number of hydrazone groups is 1. The second kappa shape index (κ2) is 8.57. The Morgan fingerprint density at radius 1 is 1.19 bits per heavy atom. The molecule has 0 radical (unpaired) electrons. The van der Waals surface area contributed by atoms with E-state index in [4.69, 9.17) is 20.8 Å². The number of carbonyl (C=O) groups excluding carboxylic acids is 2. The number of thiophene rings is 1. The van der Waals surface area contributed by atoms with Gasteiger partial charge in [0.25, 0.3) is 5.91 Å². The van der Waals surface area contributed by atoms with E-state index in [1.807, 2.05) is 17.5 Å². The highest BCUT2D eigenvalue weighted by Crippen LogP contribution is 2.34. The van der Waals surface area contributed by atoms with Crippen LogP contribution < -0.4 is 0 Å². The topological polar surface area (TPSA) is 85.0 Å². The maximum Gasteiger partial charge on any atom is 0.338 e. The number of rotatable bonds is 5. The number of hydrogen-bond acceptors (Lipinski definition) is 7. The minimum atomic E-state index is -0.605. The maximum absolute atomic E-state index is 12.9. The van der Waals surface area contributed by atoms with E-state index in [9.17, 15) is 9.59 Å². The summed E-state index contributed by atoms with van der Waals surface area (Å²) in [6.07, 6.45) is 2.08. The molecule has 160 valence electrons. The molecule has 0 saturated carbocycles. The number of amides is 1. The molecule has 4 heterocycles. The van der Waals surface area contributed by atoms with Gasteiger partial charge in [-0.3, -0.25) is 4.79 Å². The van der Waals surface area contributed by atoms with Gasteiger partial charge < -0.3 is 9.15 Å². The van der Waals surface area contributed by atoms with Crippen LogP contribution in [0.4, 0.5) is 0 Å². The lowest BCUT2D eigenvalue weighted by Gasteiger charge is -2.19. The fraction of sp³-hybridized carbons (Fsp3) is 0.130. The summed E-state index contributed by atoms with van der Waals surface area (Å²) in [5.74, 6) is -0.410. The Bertz CT molecular complexity index is 1320. The summed E-state index contributed by atoms with van der Waals surface area (Å²) in [4.78, 5) is 30.7. The summed E-state index contributed by atoms with van der Waals surface area (Å²) in [6.45, 7) is -0.436. The van der Waals surface area contributed by atoms with Crippen LogP contribution in [0.2, 0.25) is 5.15 Å². The third-order valence-electron chi connectivity index (χ3n) is 5.06. The zero-order valence-electron chi connectivity index (χ0n) is 16.6. The number of fused-ring (bicyclic) bond motifs is 1. The highest BCUT2D eigenvalue weighted by atomic mass is 35.5. The number of halogens is 1. The van der Waals surface area contributed by atoms with Crippen molar-refractivity contribution in [1.82, 2.24) is 9.99 Å². The zero-order chi connectivity index (χ0) is 22.1. The van der Waals surface area contributed by atoms with E-state index in [1.54, 1.807) is 60.1 Å². The van der Waals surface area contributed by atoms with Crippen molar-refractivity contribution in [3.63, 3.8) is 0 Å². The second-order valence-corrected chi connectivity index (χ2v) is 8.45. The minimum absolute atomic E-state index is 0.321. The Hall–Kier alpha value is -3.49. The molecule has 9 heteroatoms. The lowest BCUT2D eigenvalue weighted by atomic mass is 10.1. The molecule has 1 aromatic carbocycles. The number of ether oxygens (including phenoxy) is 1. The van der Waals surface area contributed by atoms with E-state index >= 15 is 0 Å². The quantitative estimate of drug-likeness (QED) is 0.303. The maximum atomic E-state index is 12.9. The summed E-state index contributed by atoms with van der Waals surface area (Å²) < 4.78 is 10.8. The number of hydrogen-bond donors (Lipinski definition) is 0. The lowest BCUT2D eigenvalue weighted by molar-refractivity contribution is -0.136. The van der Waals surface area contributed by atoms with Crippen molar-refractivity contribution < 1.29 is 18.7 Å². The van der Waals surface area contributed by atoms with Crippen LogP contribution in [0.5, 0.6) is 0 Å². The Morgan fingerprint density at radius 3 is 2.88 bits per heavy atom. The molecule has 0 fully saturated rings. The molecule has 0 aliphatic carbocycles. The predicted molar refractivity (Wildman–Crippen MR) is 121 cm³/mol. The first kappa shape index (κ1) is 20.4. The fourth-order valence-electron chi connectivity index (χ4n) is 3.54. The van der Waals surface area contributed by atoms with Gasteiger partial charge in [-0.15, -0.1) is 11.3 Å². The molecule has 0 N–H and O–H groups in total. The Balaban J connectivity index is 1.31. The van der Waals surface area contributed by atoms with Gasteiger partial charge >= 0.3 is 5.97 Å². The standard InChI is InChI=1S/C23H16ClN3O4S/c24-21-8-6-14-11-15(5-7-16(14)25-21)23(29)31-13-22(28)27-18(19-3-1-9-30-19)12-17(26-27)20-4-2-10-32-20/h1-11,18H,12-13H2. The highest BCUT2D eigenvalue weighted by Gasteiger charge is 2.35. The molecular formula is C23H16ClN3O4S. The number of pyridine rings is 1. The summed E-state index contributed by atoms with van der Waals surface area (Å²) in [5.41, 5.74) is 1.78. The molecule has 1 amide bonds. The van der Waals surface area contributed by atoms with Crippen molar-refractivity contribution in [2.75, 3.05) is 6.61 Å². The summed E-state index contributed by atoms with van der Waals surface area (Å²) in [6, 6.07) is 15.4. The fourth-order valence-corrected chi connectivity index (χ4v) is 4.41. The first-order chi connectivity index (χ1) is 15.6. The van der Waals surface area contributed by atoms with Crippen molar-refractivity contribution in [2.45, 2.75) is 12.5 Å². The lowest BCUT2D eigenvalue weighted by Crippen LogP contribution is -2.31. The van der Waals surface area contributed by atoms with E-state index in [2.05, 4.69) is 10.1 Å². The van der Waals surface area contributed by atoms with Crippen LogP contribution in [0.15, 0.2) is 75.8 Å². The molecule has 3 aromatic heterocycles. The van der Waals surface area contributed by atoms with Gasteiger partial charge in [0.15, 0.2) is 6.61 Å². The summed E-state index contributed by atoms with van der Waals surface area (Å²) in [7, 11) is 0. The molecule has 0 spiro atoms. The molecule has 0 bridgehead atoms. The first-order valence-electron chi connectivity index (χ1n) is 9.79. The number of benzene rings is 1. The van der Waals surface area contributed by atoms with Gasteiger partial charge in [-0.25, -0.2) is 14.8 Å². The van der Waals surface area contributed by atoms with Gasteiger partial charge in [-0.2, -0.15) is 5.10 Å². The molecule has 7 nitrogen and oxygen atoms in total. The van der Waals surface area contributed by atoms with Crippen molar-refractivity contribution >= 4 is 51.4 Å². The van der Waals surface area contributed by atoms with Crippen LogP contribution in [0.1, 0.15) is 33.5 Å². The Morgan fingerprint density at radius 2 is 2.09 bits per heavy atom. The first-order valence-corrected chi connectivity index (χ1v) is 11.0. The SMILES string of the molecule is O=C(OCC(=O)N1N=C(c2cccs2)CC1c1ccco1)c1ccc2nc(Cl)ccc2c1. The summed E-state index contributed by atoms with van der Waals surface area (Å²) in [5, 5.41) is 8.93. The van der Waals surface area contributed by atoms with Gasteiger partial charge in [0.05, 0.1) is 27.9 Å². The number of nitrogens with zero attached hydrogens (tertiary/aromatic N) is 3. The molecule has 1 aliphatic rings. The highest BCUT2D eigenvalue weighted by molar-refractivity contribution is 7.12. The van der Waals surface area contributed by atoms with Crippen LogP contribution in [0.3, 0.4) is 0 Å². The Labute approximate surface area is 191 Å². The van der Waals surface area contributed by atoms with Crippen LogP contribution in [0, 0.1) is 0 Å². The third kappa shape index (κ3) is 4.02. The van der Waals surface area contributed by atoms with Gasteiger partial charge in [0.1, 0.15) is 17.0 Å². The van der Waals surface area contributed by atoms with Gasteiger partial charge in [-0.05, 0) is 53.9 Å². The average Bonchev–Trinajstić information content (AvgIpc) is 3.57. The molecular weight excluding hydrogens is 450 g/mol. The molecule has 1 atom stereocenters. The van der Waals surface area contributed by atoms with Crippen LogP contribution >= 0.6 is 22.9 Å². The predicted octanol–water partition coefficient (Wildman–Crippen LogP) is 5.08.